The second kappa shape index (κ2) is 6.39. The van der Waals surface area contributed by atoms with Crippen molar-refractivity contribution in [2.45, 2.75) is 11.4 Å². The van der Waals surface area contributed by atoms with Crippen LogP contribution in [0.25, 0.3) is 0 Å². The van der Waals surface area contributed by atoms with Crippen molar-refractivity contribution < 1.29 is 18.9 Å². The van der Waals surface area contributed by atoms with Crippen LogP contribution in [0.4, 0.5) is 0 Å². The van der Waals surface area contributed by atoms with E-state index in [9.17, 15) is 0 Å². The van der Waals surface area contributed by atoms with Gasteiger partial charge < -0.3 is 18.9 Å². The van der Waals surface area contributed by atoms with Crippen molar-refractivity contribution in [3.63, 3.8) is 0 Å². The highest BCUT2D eigenvalue weighted by Crippen LogP contribution is 2.26. The molecule has 0 saturated carbocycles. The average Bonchev–Trinajstić information content (AvgIpc) is 2.17. The monoisotopic (exact) mass is 218 g/mol. The van der Waals surface area contributed by atoms with Crippen LogP contribution >= 0.6 is 12.6 Å². The second-order valence-electron chi connectivity index (χ2n) is 2.05. The zero-order chi connectivity index (χ0) is 11.0. The Morgan fingerprint density at radius 1 is 1.07 bits per heavy atom. The molecule has 0 amide bonds. The first-order valence-electron chi connectivity index (χ1n) is 3.74. The van der Waals surface area contributed by atoms with Gasteiger partial charge in [-0.05, 0) is 0 Å². The number of hydrogen-bond donors (Lipinski definition) is 1. The van der Waals surface area contributed by atoms with E-state index in [1.807, 2.05) is 0 Å². The van der Waals surface area contributed by atoms with Gasteiger partial charge in [-0.2, -0.15) is 0 Å². The van der Waals surface area contributed by atoms with Gasteiger partial charge in [0.15, 0.2) is 0 Å². The number of rotatable bonds is 8. The Morgan fingerprint density at radius 3 is 1.64 bits per heavy atom. The third-order valence-electron chi connectivity index (χ3n) is 1.27. The summed E-state index contributed by atoms with van der Waals surface area (Å²) in [6.07, 6.45) is 3.44. The molecule has 1 unspecified atom stereocenters. The fourth-order valence-corrected chi connectivity index (χ4v) is 0.933. The summed E-state index contributed by atoms with van der Waals surface area (Å²) in [4.78, 5) is 0. The van der Waals surface area contributed by atoms with E-state index in [1.165, 1.54) is 7.11 Å². The number of hydrogen-bond acceptors (Lipinski definition) is 5. The number of ether oxygens (including phenoxy) is 4. The second-order valence-corrected chi connectivity index (χ2v) is 2.51. The van der Waals surface area contributed by atoms with Crippen molar-refractivity contribution in [3.8, 4) is 0 Å². The van der Waals surface area contributed by atoms with Gasteiger partial charge in [0.2, 0.25) is 5.44 Å². The summed E-state index contributed by atoms with van der Waals surface area (Å²) in [5, 5.41) is 0. The van der Waals surface area contributed by atoms with Crippen molar-refractivity contribution >= 4 is 12.6 Å². The topological polar surface area (TPSA) is 36.9 Å². The minimum atomic E-state index is -1.55. The predicted molar refractivity (Wildman–Crippen MR) is 56.4 cm³/mol. The predicted octanol–water partition coefficient (Wildman–Crippen LogP) is 2.02. The first kappa shape index (κ1) is 12.9. The van der Waals surface area contributed by atoms with Crippen LogP contribution in [-0.2, 0) is 18.9 Å². The van der Waals surface area contributed by atoms with Gasteiger partial charge in [-0.1, -0.05) is 19.7 Å². The third kappa shape index (κ3) is 3.01. The van der Waals surface area contributed by atoms with E-state index in [2.05, 4.69) is 32.4 Å². The van der Waals surface area contributed by atoms with Gasteiger partial charge in [0, 0.05) is 7.11 Å². The molecular weight excluding hydrogens is 204 g/mol. The Balaban J connectivity index is 4.78. The van der Waals surface area contributed by atoms with Gasteiger partial charge in [-0.3, -0.25) is 0 Å². The zero-order valence-corrected chi connectivity index (χ0v) is 8.91. The highest BCUT2D eigenvalue weighted by Gasteiger charge is 2.43. The molecule has 0 radical (unpaired) electrons. The maximum Gasteiger partial charge on any atom is 0.453 e. The Kier molecular flexibility index (Phi) is 5.91. The van der Waals surface area contributed by atoms with Crippen molar-refractivity contribution in [1.82, 2.24) is 0 Å². The molecule has 0 aromatic heterocycles. The molecule has 0 aliphatic heterocycles. The van der Waals surface area contributed by atoms with Crippen molar-refractivity contribution in [2.75, 3.05) is 7.11 Å². The Bertz CT molecular complexity index is 178. The van der Waals surface area contributed by atoms with Crippen LogP contribution in [0.5, 0.6) is 0 Å². The average molecular weight is 218 g/mol. The van der Waals surface area contributed by atoms with Crippen LogP contribution in [0, 0.1) is 0 Å². The molecule has 80 valence electrons. The molecule has 0 spiro atoms. The molecule has 4 nitrogen and oxygen atoms in total. The van der Waals surface area contributed by atoms with Crippen LogP contribution in [0.1, 0.15) is 0 Å². The molecule has 1 atom stereocenters. The lowest BCUT2D eigenvalue weighted by atomic mass is 10.5. The van der Waals surface area contributed by atoms with Crippen LogP contribution in [0.2, 0.25) is 0 Å². The zero-order valence-electron chi connectivity index (χ0n) is 8.01. The van der Waals surface area contributed by atoms with Crippen LogP contribution < -0.4 is 0 Å². The lowest BCUT2D eigenvalue weighted by Gasteiger charge is -2.32. The van der Waals surface area contributed by atoms with Gasteiger partial charge in [-0.25, -0.2) is 0 Å². The molecular formula is C9H14O4S. The lowest BCUT2D eigenvalue weighted by Crippen LogP contribution is -2.45. The molecule has 0 aromatic rings. The van der Waals surface area contributed by atoms with E-state index in [-0.39, 0.29) is 0 Å². The normalized spacial score (nSPS) is 12.4. The minimum absolute atomic E-state index is 0.781. The summed E-state index contributed by atoms with van der Waals surface area (Å²) in [5.74, 6) is -1.55. The molecule has 0 fully saturated rings. The summed E-state index contributed by atoms with van der Waals surface area (Å²) >= 11 is 4.07. The first-order chi connectivity index (χ1) is 6.66. The molecule has 0 rings (SSSR count). The molecule has 0 N–H and O–H groups in total. The Hall–Kier alpha value is -1.07. The van der Waals surface area contributed by atoms with E-state index in [4.69, 9.17) is 18.9 Å². The van der Waals surface area contributed by atoms with Crippen LogP contribution in [-0.4, -0.2) is 18.5 Å². The molecule has 0 aliphatic rings. The summed E-state index contributed by atoms with van der Waals surface area (Å²) in [6.45, 7) is 10.2. The maximum absolute atomic E-state index is 5.04. The summed E-state index contributed by atoms with van der Waals surface area (Å²) in [7, 11) is 1.43. The molecule has 5 heteroatoms. The third-order valence-corrected chi connectivity index (χ3v) is 1.80. The smallest absolute Gasteiger partial charge is 0.427 e. The highest BCUT2D eigenvalue weighted by molar-refractivity contribution is 7.80. The summed E-state index contributed by atoms with van der Waals surface area (Å²) in [5.41, 5.74) is -0.781. The molecule has 0 aromatic carbocycles. The van der Waals surface area contributed by atoms with E-state index in [1.54, 1.807) is 0 Å². The first-order valence-corrected chi connectivity index (χ1v) is 4.25. The quantitative estimate of drug-likeness (QED) is 0.384. The maximum atomic E-state index is 5.04. The van der Waals surface area contributed by atoms with Gasteiger partial charge in [0.05, 0.1) is 18.8 Å². The van der Waals surface area contributed by atoms with Gasteiger partial charge in [0.1, 0.15) is 0 Å². The lowest BCUT2D eigenvalue weighted by molar-refractivity contribution is -0.342. The minimum Gasteiger partial charge on any atom is -0.427 e. The highest BCUT2D eigenvalue weighted by atomic mass is 32.1. The van der Waals surface area contributed by atoms with E-state index >= 15 is 0 Å². The van der Waals surface area contributed by atoms with Crippen LogP contribution in [0.15, 0.2) is 38.5 Å². The fraction of sp³-hybridized carbons (Fsp3) is 0.333. The molecule has 0 saturated heterocycles. The number of methoxy groups -OCH3 is 1. The summed E-state index contributed by atoms with van der Waals surface area (Å²) in [6, 6.07) is 0. The van der Waals surface area contributed by atoms with E-state index < -0.39 is 11.4 Å². The Morgan fingerprint density at radius 2 is 1.43 bits per heavy atom. The van der Waals surface area contributed by atoms with E-state index in [0.717, 1.165) is 18.8 Å². The number of thiol groups is 1. The largest absolute Gasteiger partial charge is 0.453 e. The molecule has 0 heterocycles. The van der Waals surface area contributed by atoms with Crippen LogP contribution in [0.3, 0.4) is 0 Å². The van der Waals surface area contributed by atoms with Crippen molar-refractivity contribution in [2.24, 2.45) is 0 Å². The summed E-state index contributed by atoms with van der Waals surface area (Å²) < 4.78 is 20.0. The fourth-order valence-electron chi connectivity index (χ4n) is 0.751. The van der Waals surface area contributed by atoms with Gasteiger partial charge >= 0.3 is 5.97 Å². The van der Waals surface area contributed by atoms with Gasteiger partial charge in [-0.15, -0.1) is 12.6 Å². The molecule has 14 heavy (non-hydrogen) atoms. The SMILES string of the molecule is C=COC(OC=C)(OC=C)C(S)OC. The van der Waals surface area contributed by atoms with Gasteiger partial charge in [0.25, 0.3) is 0 Å². The molecule has 0 aliphatic carbocycles. The molecule has 0 bridgehead atoms. The van der Waals surface area contributed by atoms with Crippen molar-refractivity contribution in [1.29, 1.82) is 0 Å². The standard InChI is InChI=1S/C9H14O4S/c1-5-11-9(12-6-2,13-7-3)8(14)10-4/h5-8,14H,1-3H2,4H3. The van der Waals surface area contributed by atoms with E-state index in [0.29, 0.717) is 0 Å². The Labute approximate surface area is 89.2 Å². The van der Waals surface area contributed by atoms with Crippen molar-refractivity contribution in [3.05, 3.63) is 38.5 Å².